The van der Waals surface area contributed by atoms with E-state index >= 15 is 0 Å². The van der Waals surface area contributed by atoms with Gasteiger partial charge in [0.15, 0.2) is 0 Å². The van der Waals surface area contributed by atoms with E-state index in [0.717, 1.165) is 12.8 Å². The van der Waals surface area contributed by atoms with Crippen molar-refractivity contribution >= 4 is 10.0 Å². The Morgan fingerprint density at radius 1 is 1.39 bits per heavy atom. The van der Waals surface area contributed by atoms with E-state index in [2.05, 4.69) is 6.92 Å². The quantitative estimate of drug-likeness (QED) is 0.903. The first kappa shape index (κ1) is 13.5. The topological polar surface area (TPSA) is 57.6 Å². The molecule has 1 aliphatic rings. The highest BCUT2D eigenvalue weighted by Crippen LogP contribution is 2.27. The fraction of sp³-hybridized carbons (Fsp3) is 0.538. The maximum atomic E-state index is 12.5. The third kappa shape index (κ3) is 2.43. The summed E-state index contributed by atoms with van der Waals surface area (Å²) in [5.74, 6) is 0.459. The summed E-state index contributed by atoms with van der Waals surface area (Å²) in [4.78, 5) is 0.240. The lowest BCUT2D eigenvalue weighted by molar-refractivity contribution is 0.278. The predicted octanol–water partition coefficient (Wildman–Crippen LogP) is 1.60. The average molecular weight is 269 g/mol. The molecule has 0 aromatic heterocycles. The van der Waals surface area contributed by atoms with Crippen molar-refractivity contribution in [3.8, 4) is 0 Å². The molecule has 2 rings (SSSR count). The standard InChI is InChI=1S/C13H19NO3S/c1-2-11-7-8-14(9-11)18(16,17)13-6-4-3-5-12(13)10-15/h3-6,11,15H,2,7-10H2,1H3. The van der Waals surface area contributed by atoms with Crippen LogP contribution in [0.15, 0.2) is 29.2 Å². The number of nitrogens with zero attached hydrogens (tertiary/aromatic N) is 1. The summed E-state index contributed by atoms with van der Waals surface area (Å²) >= 11 is 0. The van der Waals surface area contributed by atoms with Gasteiger partial charge in [0.05, 0.1) is 11.5 Å². The number of sulfonamides is 1. The fourth-order valence-electron chi connectivity index (χ4n) is 2.37. The fourth-order valence-corrected chi connectivity index (χ4v) is 4.12. The molecule has 0 amide bonds. The van der Waals surface area contributed by atoms with Crippen molar-refractivity contribution in [3.05, 3.63) is 29.8 Å². The van der Waals surface area contributed by atoms with Gasteiger partial charge in [-0.25, -0.2) is 8.42 Å². The number of hydrogen-bond acceptors (Lipinski definition) is 3. The minimum absolute atomic E-state index is 0.240. The van der Waals surface area contributed by atoms with Gasteiger partial charge in [-0.3, -0.25) is 0 Å². The highest BCUT2D eigenvalue weighted by Gasteiger charge is 2.32. The summed E-state index contributed by atoms with van der Waals surface area (Å²) < 4.78 is 26.5. The maximum Gasteiger partial charge on any atom is 0.243 e. The third-order valence-electron chi connectivity index (χ3n) is 3.59. The third-order valence-corrected chi connectivity index (χ3v) is 5.55. The second-order valence-electron chi connectivity index (χ2n) is 4.69. The molecular weight excluding hydrogens is 250 g/mol. The second-order valence-corrected chi connectivity index (χ2v) is 6.60. The van der Waals surface area contributed by atoms with Crippen LogP contribution in [0.3, 0.4) is 0 Å². The lowest BCUT2D eigenvalue weighted by atomic mass is 10.1. The highest BCUT2D eigenvalue weighted by atomic mass is 32.2. The van der Waals surface area contributed by atoms with Crippen LogP contribution in [0.2, 0.25) is 0 Å². The molecule has 1 fully saturated rings. The Bertz CT molecular complexity index is 513. The molecule has 1 aromatic carbocycles. The van der Waals surface area contributed by atoms with Gasteiger partial charge in [0.2, 0.25) is 10.0 Å². The number of rotatable bonds is 4. The van der Waals surface area contributed by atoms with Crippen LogP contribution in [-0.2, 0) is 16.6 Å². The van der Waals surface area contributed by atoms with Gasteiger partial charge in [0.25, 0.3) is 0 Å². The Kier molecular flexibility index (Phi) is 4.04. The minimum Gasteiger partial charge on any atom is -0.392 e. The van der Waals surface area contributed by atoms with E-state index in [4.69, 9.17) is 0 Å². The van der Waals surface area contributed by atoms with Crippen molar-refractivity contribution < 1.29 is 13.5 Å². The number of hydrogen-bond donors (Lipinski definition) is 1. The highest BCUT2D eigenvalue weighted by molar-refractivity contribution is 7.89. The molecule has 0 radical (unpaired) electrons. The molecule has 1 aromatic rings. The maximum absolute atomic E-state index is 12.5. The number of benzene rings is 1. The van der Waals surface area contributed by atoms with Crippen molar-refractivity contribution in [1.82, 2.24) is 4.31 Å². The van der Waals surface area contributed by atoms with E-state index in [0.29, 0.717) is 24.6 Å². The first-order valence-electron chi connectivity index (χ1n) is 6.28. The lowest BCUT2D eigenvalue weighted by Crippen LogP contribution is -2.29. The van der Waals surface area contributed by atoms with Crippen LogP contribution in [0.5, 0.6) is 0 Å². The van der Waals surface area contributed by atoms with Crippen molar-refractivity contribution in [1.29, 1.82) is 0 Å². The summed E-state index contributed by atoms with van der Waals surface area (Å²) in [6.07, 6.45) is 1.94. The largest absolute Gasteiger partial charge is 0.392 e. The lowest BCUT2D eigenvalue weighted by Gasteiger charge is -2.18. The molecule has 0 spiro atoms. The van der Waals surface area contributed by atoms with Gasteiger partial charge in [-0.1, -0.05) is 31.5 Å². The number of aliphatic hydroxyl groups is 1. The van der Waals surface area contributed by atoms with Crippen LogP contribution < -0.4 is 0 Å². The molecule has 1 saturated heterocycles. The zero-order chi connectivity index (χ0) is 13.2. The molecule has 5 heteroatoms. The average Bonchev–Trinajstić information content (AvgIpc) is 2.88. The molecule has 18 heavy (non-hydrogen) atoms. The Hall–Kier alpha value is -0.910. The zero-order valence-corrected chi connectivity index (χ0v) is 11.4. The van der Waals surface area contributed by atoms with Gasteiger partial charge in [0, 0.05) is 13.1 Å². The van der Waals surface area contributed by atoms with Gasteiger partial charge in [0.1, 0.15) is 0 Å². The normalized spacial score (nSPS) is 21.3. The molecule has 1 aliphatic heterocycles. The van der Waals surface area contributed by atoms with Crippen molar-refractivity contribution in [2.24, 2.45) is 5.92 Å². The van der Waals surface area contributed by atoms with Gasteiger partial charge in [-0.2, -0.15) is 4.31 Å². The number of aliphatic hydroxyl groups excluding tert-OH is 1. The molecule has 1 unspecified atom stereocenters. The molecule has 0 bridgehead atoms. The van der Waals surface area contributed by atoms with Crippen LogP contribution in [0.1, 0.15) is 25.3 Å². The summed E-state index contributed by atoms with van der Waals surface area (Å²) in [6, 6.07) is 6.66. The van der Waals surface area contributed by atoms with Gasteiger partial charge < -0.3 is 5.11 Å². The predicted molar refractivity (Wildman–Crippen MR) is 69.5 cm³/mol. The van der Waals surface area contributed by atoms with Gasteiger partial charge >= 0.3 is 0 Å². The van der Waals surface area contributed by atoms with Gasteiger partial charge in [-0.05, 0) is 24.0 Å². The molecule has 0 aliphatic carbocycles. The summed E-state index contributed by atoms with van der Waals surface area (Å²) in [7, 11) is -3.45. The van der Waals surface area contributed by atoms with E-state index < -0.39 is 10.0 Å². The monoisotopic (exact) mass is 269 g/mol. The molecule has 1 N–H and O–H groups in total. The summed E-state index contributed by atoms with van der Waals surface area (Å²) in [5, 5.41) is 9.24. The van der Waals surface area contributed by atoms with Crippen molar-refractivity contribution in [2.75, 3.05) is 13.1 Å². The Balaban J connectivity index is 2.31. The first-order chi connectivity index (χ1) is 8.59. The van der Waals surface area contributed by atoms with Crippen molar-refractivity contribution in [3.63, 3.8) is 0 Å². The Labute approximate surface area is 108 Å². The minimum atomic E-state index is -3.45. The van der Waals surface area contributed by atoms with Crippen LogP contribution >= 0.6 is 0 Å². The summed E-state index contributed by atoms with van der Waals surface area (Å²) in [6.45, 7) is 3.02. The molecule has 0 saturated carbocycles. The van der Waals surface area contributed by atoms with Crippen LogP contribution in [-0.4, -0.2) is 30.9 Å². The molecule has 4 nitrogen and oxygen atoms in total. The molecule has 100 valence electrons. The second kappa shape index (κ2) is 5.38. The Morgan fingerprint density at radius 3 is 2.72 bits per heavy atom. The van der Waals surface area contributed by atoms with E-state index in [9.17, 15) is 13.5 Å². The van der Waals surface area contributed by atoms with Crippen LogP contribution in [0.4, 0.5) is 0 Å². The zero-order valence-electron chi connectivity index (χ0n) is 10.5. The summed E-state index contributed by atoms with van der Waals surface area (Å²) in [5.41, 5.74) is 0.470. The van der Waals surface area contributed by atoms with E-state index in [1.165, 1.54) is 4.31 Å². The Morgan fingerprint density at radius 2 is 2.11 bits per heavy atom. The van der Waals surface area contributed by atoms with Crippen LogP contribution in [0.25, 0.3) is 0 Å². The van der Waals surface area contributed by atoms with E-state index in [1.54, 1.807) is 24.3 Å². The van der Waals surface area contributed by atoms with E-state index in [-0.39, 0.29) is 11.5 Å². The first-order valence-corrected chi connectivity index (χ1v) is 7.72. The molecule has 1 heterocycles. The van der Waals surface area contributed by atoms with Gasteiger partial charge in [-0.15, -0.1) is 0 Å². The van der Waals surface area contributed by atoms with Crippen molar-refractivity contribution in [2.45, 2.75) is 31.3 Å². The van der Waals surface area contributed by atoms with E-state index in [1.807, 2.05) is 0 Å². The van der Waals surface area contributed by atoms with Crippen LogP contribution in [0, 0.1) is 5.92 Å². The SMILES string of the molecule is CCC1CCN(S(=O)(=O)c2ccccc2CO)C1. The smallest absolute Gasteiger partial charge is 0.243 e. The molecular formula is C13H19NO3S. The molecule has 1 atom stereocenters.